The van der Waals surface area contributed by atoms with Gasteiger partial charge >= 0.3 is 0 Å². The average molecular weight is 602 g/mol. The number of carbonyl (C=O) groups excluding carboxylic acids is 2. The molecule has 1 aliphatic carbocycles. The molecular formula is C33H33F2N5O2S. The van der Waals surface area contributed by atoms with Crippen LogP contribution in [-0.2, 0) is 4.79 Å². The van der Waals surface area contributed by atoms with Crippen molar-refractivity contribution in [2.24, 2.45) is 11.8 Å². The summed E-state index contributed by atoms with van der Waals surface area (Å²) in [4.78, 5) is 29.4. The molecule has 2 amide bonds. The number of aryl methyl sites for hydroxylation is 1. The molecule has 7 nitrogen and oxygen atoms in total. The van der Waals surface area contributed by atoms with Crippen molar-refractivity contribution in [3.05, 3.63) is 100 Å². The predicted molar refractivity (Wildman–Crippen MR) is 162 cm³/mol. The van der Waals surface area contributed by atoms with Crippen LogP contribution in [0.2, 0.25) is 0 Å². The Hall–Kier alpha value is -4.05. The van der Waals surface area contributed by atoms with E-state index in [0.717, 1.165) is 29.1 Å². The minimum Gasteiger partial charge on any atom is -0.378 e. The van der Waals surface area contributed by atoms with Gasteiger partial charge in [-0.25, -0.2) is 13.5 Å². The van der Waals surface area contributed by atoms with Crippen molar-refractivity contribution in [3.8, 4) is 5.69 Å². The summed E-state index contributed by atoms with van der Waals surface area (Å²) in [5, 5.41) is 15.2. The number of aromatic nitrogens is 2. The quantitative estimate of drug-likeness (QED) is 0.273. The van der Waals surface area contributed by atoms with Crippen molar-refractivity contribution in [2.75, 3.05) is 11.9 Å². The summed E-state index contributed by atoms with van der Waals surface area (Å²) in [6.45, 7) is 2.39. The minimum absolute atomic E-state index is 0.0286. The molecule has 0 radical (unpaired) electrons. The molecule has 3 unspecified atom stereocenters. The second kappa shape index (κ2) is 10.9. The lowest BCUT2D eigenvalue weighted by atomic mass is 9.79. The van der Waals surface area contributed by atoms with Gasteiger partial charge in [-0.3, -0.25) is 9.59 Å². The topological polar surface area (TPSA) is 79.3 Å². The van der Waals surface area contributed by atoms with Gasteiger partial charge in [-0.05, 0) is 84.1 Å². The van der Waals surface area contributed by atoms with Gasteiger partial charge < -0.3 is 15.5 Å². The fourth-order valence-electron chi connectivity index (χ4n) is 7.11. The highest BCUT2D eigenvalue weighted by Crippen LogP contribution is 2.52. The smallest absolute Gasteiger partial charge is 0.251 e. The average Bonchev–Trinajstić information content (AvgIpc) is 3.79. The van der Waals surface area contributed by atoms with Crippen LogP contribution in [0.4, 0.5) is 14.5 Å². The molecule has 2 fully saturated rings. The Morgan fingerprint density at radius 2 is 1.88 bits per heavy atom. The molecule has 1 saturated carbocycles. The number of amides is 2. The predicted octanol–water partition coefficient (Wildman–Crippen LogP) is 6.53. The molecule has 0 spiro atoms. The Kier molecular flexibility index (Phi) is 7.04. The van der Waals surface area contributed by atoms with Gasteiger partial charge in [0, 0.05) is 48.8 Å². The van der Waals surface area contributed by atoms with Gasteiger partial charge in [-0.1, -0.05) is 18.2 Å². The van der Waals surface area contributed by atoms with Crippen LogP contribution in [-0.4, -0.2) is 45.0 Å². The summed E-state index contributed by atoms with van der Waals surface area (Å²) in [6, 6.07) is 18.1. The molecule has 222 valence electrons. The van der Waals surface area contributed by atoms with Gasteiger partial charge in [0.1, 0.15) is 0 Å². The van der Waals surface area contributed by atoms with Crippen molar-refractivity contribution in [1.29, 1.82) is 0 Å². The summed E-state index contributed by atoms with van der Waals surface area (Å²) >= 11 is 1.63. The lowest BCUT2D eigenvalue weighted by molar-refractivity contribution is -0.146. The summed E-state index contributed by atoms with van der Waals surface area (Å²) in [5.41, 5.74) is 5.25. The van der Waals surface area contributed by atoms with Crippen LogP contribution >= 0.6 is 11.3 Å². The van der Waals surface area contributed by atoms with Crippen molar-refractivity contribution in [1.82, 2.24) is 20.0 Å². The third-order valence-electron chi connectivity index (χ3n) is 9.22. The van der Waals surface area contributed by atoms with E-state index in [9.17, 15) is 18.4 Å². The number of likely N-dealkylation sites (tertiary alicyclic amines) is 1. The fourth-order valence-corrected chi connectivity index (χ4v) is 7.81. The number of fused-ring (bicyclic) bond motifs is 3. The van der Waals surface area contributed by atoms with Crippen molar-refractivity contribution in [2.45, 2.75) is 56.7 Å². The van der Waals surface area contributed by atoms with Crippen LogP contribution in [0, 0.1) is 18.8 Å². The molecule has 2 aromatic heterocycles. The Bertz CT molecular complexity index is 1640. The fraction of sp³-hybridized carbons (Fsp3) is 0.364. The van der Waals surface area contributed by atoms with E-state index in [1.165, 1.54) is 5.56 Å². The van der Waals surface area contributed by atoms with Crippen LogP contribution in [0.15, 0.2) is 77.6 Å². The minimum atomic E-state index is -2.96. The number of halogens is 2. The van der Waals surface area contributed by atoms with Crippen LogP contribution in [0.1, 0.15) is 64.9 Å². The van der Waals surface area contributed by atoms with Crippen molar-refractivity contribution >= 4 is 28.8 Å². The first-order valence-corrected chi connectivity index (χ1v) is 15.7. The van der Waals surface area contributed by atoms with Crippen molar-refractivity contribution in [3.63, 3.8) is 0 Å². The summed E-state index contributed by atoms with van der Waals surface area (Å²) in [5.74, 6) is -4.54. The standard InChI is InChI=1S/C33H33F2N5O2S/c1-20-11-16-40(38-20)23-8-6-21(7-9-23)31(41)37-28-10-14-33(34,35)18-26(28)32(42)39-15-12-25-29(22-13-17-43-19-22)36-27-5-3-2-4-24(27)30(25)39/h2-9,11,13,16-17,19,25-26,28-30,36H,10,12,14-15,18H2,1H3,(H,37,41)/t25?,26-,28+,29?,30?/m0/s1. The normalized spacial score (nSPS) is 25.8. The molecule has 2 aromatic carbocycles. The zero-order valence-corrected chi connectivity index (χ0v) is 24.6. The molecule has 4 heterocycles. The summed E-state index contributed by atoms with van der Waals surface area (Å²) in [6.07, 6.45) is 1.71. The van der Waals surface area contributed by atoms with E-state index in [2.05, 4.69) is 27.2 Å². The lowest BCUT2D eigenvalue weighted by Gasteiger charge is -2.42. The molecule has 10 heteroatoms. The second-order valence-electron chi connectivity index (χ2n) is 11.9. The van der Waals surface area contributed by atoms with Crippen LogP contribution < -0.4 is 10.6 Å². The first-order chi connectivity index (χ1) is 20.8. The van der Waals surface area contributed by atoms with Crippen LogP contribution in [0.3, 0.4) is 0 Å². The number of nitrogens with one attached hydrogen (secondary N) is 2. The van der Waals surface area contributed by atoms with Gasteiger partial charge in [-0.2, -0.15) is 16.4 Å². The summed E-state index contributed by atoms with van der Waals surface area (Å²) < 4.78 is 31.4. The maximum atomic E-state index is 14.9. The molecule has 2 N–H and O–H groups in total. The molecule has 5 atom stereocenters. The van der Waals surface area contributed by atoms with E-state index in [1.54, 1.807) is 40.3 Å². The Balaban J connectivity index is 1.14. The molecule has 7 rings (SSSR count). The number of anilines is 1. The van der Waals surface area contributed by atoms with E-state index in [0.29, 0.717) is 12.1 Å². The number of benzene rings is 2. The Morgan fingerprint density at radius 3 is 2.63 bits per heavy atom. The van der Waals surface area contributed by atoms with Crippen LogP contribution in [0.25, 0.3) is 5.69 Å². The third-order valence-corrected chi connectivity index (χ3v) is 9.93. The highest BCUT2D eigenvalue weighted by atomic mass is 32.1. The van der Waals surface area contributed by atoms with Gasteiger partial charge in [0.15, 0.2) is 0 Å². The maximum absolute atomic E-state index is 14.9. The zero-order valence-electron chi connectivity index (χ0n) is 23.8. The van der Waals surface area contributed by atoms with Gasteiger partial charge in [0.25, 0.3) is 5.91 Å². The first-order valence-electron chi connectivity index (χ1n) is 14.8. The van der Waals surface area contributed by atoms with E-state index >= 15 is 0 Å². The van der Waals surface area contributed by atoms with E-state index in [4.69, 9.17) is 0 Å². The van der Waals surface area contributed by atoms with Gasteiger partial charge in [-0.15, -0.1) is 0 Å². The summed E-state index contributed by atoms with van der Waals surface area (Å²) in [7, 11) is 0. The number of carbonyl (C=O) groups is 2. The number of alkyl halides is 2. The Morgan fingerprint density at radius 1 is 1.07 bits per heavy atom. The van der Waals surface area contributed by atoms with Gasteiger partial charge in [0.2, 0.25) is 11.8 Å². The monoisotopic (exact) mass is 601 g/mol. The lowest BCUT2D eigenvalue weighted by Crippen LogP contribution is -2.53. The molecule has 2 aliphatic heterocycles. The number of para-hydroxylation sites is 1. The van der Waals surface area contributed by atoms with E-state index < -0.39 is 24.3 Å². The second-order valence-corrected chi connectivity index (χ2v) is 12.7. The molecular weight excluding hydrogens is 568 g/mol. The maximum Gasteiger partial charge on any atom is 0.251 e. The van der Waals surface area contributed by atoms with Gasteiger partial charge in [0.05, 0.1) is 29.4 Å². The number of nitrogens with zero attached hydrogens (tertiary/aromatic N) is 3. The number of hydrogen-bond acceptors (Lipinski definition) is 5. The number of rotatable bonds is 5. The molecule has 4 aromatic rings. The molecule has 43 heavy (non-hydrogen) atoms. The molecule has 1 saturated heterocycles. The third kappa shape index (κ3) is 5.22. The van der Waals surface area contributed by atoms with Crippen molar-refractivity contribution < 1.29 is 18.4 Å². The van der Waals surface area contributed by atoms with E-state index in [1.807, 2.05) is 53.7 Å². The van der Waals surface area contributed by atoms with E-state index in [-0.39, 0.29) is 42.7 Å². The number of hydrogen-bond donors (Lipinski definition) is 2. The number of thiophene rings is 1. The van der Waals surface area contributed by atoms with Crippen LogP contribution in [0.5, 0.6) is 0 Å². The molecule has 3 aliphatic rings. The SMILES string of the molecule is Cc1ccn(-c2ccc(C(=O)N[C@@H]3CCC(F)(F)C[C@@H]3C(=O)N3CCC4C(c5ccsc5)Nc5ccccc5C43)cc2)n1. The highest BCUT2D eigenvalue weighted by Gasteiger charge is 2.51. The largest absolute Gasteiger partial charge is 0.378 e. The molecule has 0 bridgehead atoms. The Labute approximate surface area is 252 Å². The zero-order chi connectivity index (χ0) is 29.7. The highest BCUT2D eigenvalue weighted by molar-refractivity contribution is 7.08. The first kappa shape index (κ1) is 27.8.